The molecule has 12 rings (SSSR count). The lowest BCUT2D eigenvalue weighted by atomic mass is 9.72. The molecule has 3 aliphatic heterocycles. The number of rotatable bonds is 22. The predicted molar refractivity (Wildman–Crippen MR) is 366 cm³/mol. The van der Waals surface area contributed by atoms with Crippen molar-refractivity contribution in [2.24, 2.45) is 10.8 Å². The van der Waals surface area contributed by atoms with Crippen LogP contribution in [0.2, 0.25) is 10.0 Å². The molecule has 3 aliphatic rings. The van der Waals surface area contributed by atoms with E-state index in [9.17, 15) is 29.2 Å². The molecule has 0 spiro atoms. The number of halogens is 4. The van der Waals surface area contributed by atoms with Crippen molar-refractivity contribution in [3.8, 4) is 45.0 Å². The van der Waals surface area contributed by atoms with Crippen molar-refractivity contribution in [1.82, 2.24) is 75.7 Å². The van der Waals surface area contributed by atoms with Gasteiger partial charge in [-0.3, -0.25) is 50.4 Å². The third-order valence-corrected chi connectivity index (χ3v) is 18.0. The second-order valence-corrected chi connectivity index (χ2v) is 28.7. The predicted octanol–water partition coefficient (Wildman–Crippen LogP) is 12.7. The zero-order valence-corrected chi connectivity index (χ0v) is 57.0. The molecule has 0 bridgehead atoms. The Hall–Kier alpha value is -10.4. The largest absolute Gasteiger partial charge is 0.447 e. The average molecular weight is 1390 g/mol. The molecule has 0 saturated carbocycles. The van der Waals surface area contributed by atoms with Gasteiger partial charge in [-0.25, -0.2) is 24.2 Å². The summed E-state index contributed by atoms with van der Waals surface area (Å²) in [6.07, 6.45) is 6.46. The van der Waals surface area contributed by atoms with E-state index in [2.05, 4.69) is 51.7 Å². The van der Waals surface area contributed by atoms with Crippen LogP contribution in [0.4, 0.5) is 24.1 Å². The summed E-state index contributed by atoms with van der Waals surface area (Å²) in [5, 5.41) is 55.0. The minimum Gasteiger partial charge on any atom is -0.447 e. The molecule has 514 valence electrons. The second kappa shape index (κ2) is 27.1. The van der Waals surface area contributed by atoms with Crippen LogP contribution in [0.1, 0.15) is 121 Å². The molecule has 25 nitrogen and oxygen atoms in total. The van der Waals surface area contributed by atoms with E-state index >= 15 is 9.59 Å². The quantitative estimate of drug-likeness (QED) is 0.0313. The fourth-order valence-electron chi connectivity index (χ4n) is 12.9. The van der Waals surface area contributed by atoms with Crippen LogP contribution in [-0.2, 0) is 41.3 Å². The summed E-state index contributed by atoms with van der Waals surface area (Å²) in [6, 6.07) is 31.0. The number of para-hydroxylation sites is 1. The molecule has 0 radical (unpaired) electrons. The molecule has 4 atom stereocenters. The molecule has 0 aliphatic carbocycles. The Kier molecular flexibility index (Phi) is 18.8. The molecule has 99 heavy (non-hydrogen) atoms. The van der Waals surface area contributed by atoms with E-state index in [-0.39, 0.29) is 54.7 Å². The number of anilines is 1. The lowest BCUT2D eigenvalue weighted by molar-refractivity contribution is -0.135. The van der Waals surface area contributed by atoms with Crippen molar-refractivity contribution in [3.05, 3.63) is 184 Å². The number of aromatic nitrogens is 10. The van der Waals surface area contributed by atoms with Gasteiger partial charge < -0.3 is 30.2 Å². The molecule has 7 heterocycles. The number of H-pyrrole nitrogens is 2. The number of benzene rings is 5. The Morgan fingerprint density at radius 1 is 0.687 bits per heavy atom. The smallest absolute Gasteiger partial charge is 0.411 e. The van der Waals surface area contributed by atoms with E-state index in [1.54, 1.807) is 97.2 Å². The Labute approximate surface area is 578 Å². The van der Waals surface area contributed by atoms with Gasteiger partial charge in [-0.1, -0.05) is 137 Å². The topological polar surface area (TPSA) is 317 Å². The number of alkyl carbamates (subject to hydrolysis) is 1. The van der Waals surface area contributed by atoms with Crippen LogP contribution in [-0.4, -0.2) is 128 Å². The highest BCUT2D eigenvalue weighted by Crippen LogP contribution is 2.47. The molecule has 3 saturated heterocycles. The Balaban J connectivity index is 0.870. The Morgan fingerprint density at radius 3 is 1.75 bits per heavy atom. The highest BCUT2D eigenvalue weighted by atomic mass is 35.5. The fourth-order valence-corrected chi connectivity index (χ4v) is 13.3. The normalized spacial score (nSPS) is 18.1. The minimum atomic E-state index is -2.84. The lowest BCUT2D eigenvalue weighted by Crippen LogP contribution is -2.48. The van der Waals surface area contributed by atoms with Crippen LogP contribution >= 0.6 is 23.2 Å². The SMILES string of the molecule is CC(C)(C)C[C@]1(c2ccc(-c3cnn(C(F)F)c3)cc2)NC(=N)N([C@H](COC(=O)Nc2ccccc2)c2ccc(Cl)c(-c3nc(CC(C)(C)C[C@]4(c5ccc(-c6cnn(C7COC7)c6)cc5)NC(=N)N([C@H](COC(=O)NC(C)(C)C)c5ccc(Cl)c(-c6ncn[nH]6)c5)C4=O)n[nH]3)c2)C1=O. The highest BCUT2D eigenvalue weighted by Gasteiger charge is 2.57. The van der Waals surface area contributed by atoms with E-state index in [4.69, 9.17) is 47.5 Å². The molecule has 9 aromatic rings. The number of nitrogens with one attached hydrogen (secondary N) is 8. The number of nitrogens with zero attached hydrogens (tertiary/aromatic N) is 10. The zero-order valence-electron chi connectivity index (χ0n) is 55.5. The molecular formula is C70H74Cl2F2N18O7. The average Bonchev–Trinajstić information content (AvgIpc) is 1.60. The first kappa shape index (κ1) is 68.6. The monoisotopic (exact) mass is 1390 g/mol. The standard InChI is InChI=1S/C70H74Cl2F2N18O7/c1-66(2,3)37-69(46-20-14-41(15-21-46)45-30-80-90(32-45)61(73)74)59(93)91(62(75)83-69)54(35-98-64(95)81-48-12-10-9-11-13-48)43-19-25-53(72)51(27-43)58-82-56(86-88-58)28-68(7,8)38-70(47-22-16-40(17-23-47)44-29-79-89(31-44)49-33-97-34-49)60(94)92(63(76)84-70)55(36-99-65(96)85-67(4,5)6)42-18-24-52(71)50(26-42)57-77-39-78-87-57/h9-27,29-32,39,49,54-55,61H,28,33-38H2,1-8H3,(H2,75,83)(H2,76,84)(H,81,95)(H,85,96)(H,77,78,87)(H,82,86,88)/t54-,55-,69-,70-/m1/s1. The molecule has 4 aromatic heterocycles. The van der Waals surface area contributed by atoms with Gasteiger partial charge in [-0.05, 0) is 114 Å². The minimum absolute atomic E-state index is 0.0516. The van der Waals surface area contributed by atoms with Gasteiger partial charge in [-0.15, -0.1) is 0 Å². The van der Waals surface area contributed by atoms with Gasteiger partial charge in [0.25, 0.3) is 11.8 Å². The number of hydrogen-bond acceptors (Lipinski definition) is 15. The maximum Gasteiger partial charge on any atom is 0.411 e. The van der Waals surface area contributed by atoms with Gasteiger partial charge in [0.15, 0.2) is 29.4 Å². The number of guanidine groups is 2. The van der Waals surface area contributed by atoms with Crippen LogP contribution in [0.15, 0.2) is 146 Å². The first-order chi connectivity index (χ1) is 47.1. The number of carbonyl (C=O) groups is 4. The molecule has 0 unspecified atom stereocenters. The third kappa shape index (κ3) is 14.6. The van der Waals surface area contributed by atoms with Gasteiger partial charge in [-0.2, -0.15) is 29.2 Å². The Morgan fingerprint density at radius 2 is 1.23 bits per heavy atom. The number of carbonyl (C=O) groups excluding carboxylic acids is 4. The van der Waals surface area contributed by atoms with E-state index in [0.717, 1.165) is 11.1 Å². The summed E-state index contributed by atoms with van der Waals surface area (Å²) >= 11 is 13.9. The van der Waals surface area contributed by atoms with Gasteiger partial charge in [0.2, 0.25) is 0 Å². The molecular weight excluding hydrogens is 1310 g/mol. The van der Waals surface area contributed by atoms with E-state index < -0.39 is 76.7 Å². The molecule has 3 fully saturated rings. The summed E-state index contributed by atoms with van der Waals surface area (Å²) in [5.74, 6) is -0.698. The van der Waals surface area contributed by atoms with Crippen molar-refractivity contribution in [3.63, 3.8) is 0 Å². The number of hydrogen-bond donors (Lipinski definition) is 8. The van der Waals surface area contributed by atoms with Crippen LogP contribution in [0.25, 0.3) is 45.0 Å². The summed E-state index contributed by atoms with van der Waals surface area (Å²) < 4.78 is 46.8. The number of alkyl halides is 2. The van der Waals surface area contributed by atoms with Gasteiger partial charge in [0.1, 0.15) is 30.6 Å². The number of aromatic amines is 2. The first-order valence-electron chi connectivity index (χ1n) is 31.9. The molecule has 4 amide bonds. The molecule has 5 aromatic carbocycles. The summed E-state index contributed by atoms with van der Waals surface area (Å²) in [5.41, 5.74) is 0.602. The van der Waals surface area contributed by atoms with Gasteiger partial charge >= 0.3 is 18.7 Å². The van der Waals surface area contributed by atoms with Crippen LogP contribution in [0.5, 0.6) is 0 Å². The zero-order chi connectivity index (χ0) is 70.3. The van der Waals surface area contributed by atoms with Gasteiger partial charge in [0.05, 0.1) is 53.8 Å². The van der Waals surface area contributed by atoms with Crippen molar-refractivity contribution in [1.29, 1.82) is 10.8 Å². The maximum atomic E-state index is 16.1. The maximum absolute atomic E-state index is 16.1. The van der Waals surface area contributed by atoms with Gasteiger partial charge in [0, 0.05) is 52.3 Å². The fraction of sp³-hybridized carbons (Fsp3) is 0.343. The van der Waals surface area contributed by atoms with Crippen LogP contribution < -0.4 is 21.3 Å². The molecule has 29 heteroatoms. The van der Waals surface area contributed by atoms with Crippen molar-refractivity contribution in [2.75, 3.05) is 31.7 Å². The van der Waals surface area contributed by atoms with E-state index in [1.165, 1.54) is 28.5 Å². The lowest BCUT2D eigenvalue weighted by Gasteiger charge is -2.36. The number of ether oxygens (including phenoxy) is 3. The summed E-state index contributed by atoms with van der Waals surface area (Å²) in [4.78, 5) is 70.7. The summed E-state index contributed by atoms with van der Waals surface area (Å²) in [6.45, 7) is 12.7. The van der Waals surface area contributed by atoms with E-state index in [0.29, 0.717) is 84.8 Å². The third-order valence-electron chi connectivity index (χ3n) is 17.4. The highest BCUT2D eigenvalue weighted by molar-refractivity contribution is 6.33. The van der Waals surface area contributed by atoms with Crippen molar-refractivity contribution < 1.29 is 42.2 Å². The second-order valence-electron chi connectivity index (χ2n) is 27.9. The Bertz CT molecular complexity index is 4490. The number of amides is 4. The first-order valence-corrected chi connectivity index (χ1v) is 32.7. The molecule has 8 N–H and O–H groups in total. The van der Waals surface area contributed by atoms with Crippen LogP contribution in [0, 0.1) is 21.6 Å². The van der Waals surface area contributed by atoms with Crippen molar-refractivity contribution in [2.45, 2.75) is 116 Å². The summed E-state index contributed by atoms with van der Waals surface area (Å²) in [7, 11) is 0. The van der Waals surface area contributed by atoms with E-state index in [1.807, 2.05) is 90.5 Å². The van der Waals surface area contributed by atoms with Crippen molar-refractivity contribution >= 4 is 64.8 Å². The van der Waals surface area contributed by atoms with Crippen LogP contribution in [0.3, 0.4) is 0 Å².